The molecule has 0 fully saturated rings. The molecule has 0 saturated heterocycles. The smallest absolute Gasteiger partial charge is 0.270 e. The van der Waals surface area contributed by atoms with Crippen molar-refractivity contribution in [2.45, 2.75) is 5.92 Å². The molecule has 0 aliphatic carbocycles. The van der Waals surface area contributed by atoms with E-state index in [1.165, 1.54) is 12.1 Å². The van der Waals surface area contributed by atoms with Crippen LogP contribution in [0.25, 0.3) is 10.8 Å². The van der Waals surface area contributed by atoms with Gasteiger partial charge in [-0.05, 0) is 28.5 Å². The zero-order valence-corrected chi connectivity index (χ0v) is 14.6. The normalized spacial score (nSPS) is 15.8. The lowest BCUT2D eigenvalue weighted by Gasteiger charge is -2.28. The van der Waals surface area contributed by atoms with E-state index in [0.717, 1.165) is 16.3 Å². The molecule has 1 aliphatic heterocycles. The summed E-state index contributed by atoms with van der Waals surface area (Å²) in [5, 5.41) is 22.8. The molecule has 1 aliphatic rings. The number of ether oxygens (including phenoxy) is 1. The lowest BCUT2D eigenvalue weighted by atomic mass is 9.81. The van der Waals surface area contributed by atoms with Gasteiger partial charge in [-0.2, -0.15) is 5.26 Å². The predicted octanol–water partition coefficient (Wildman–Crippen LogP) is 4.62. The van der Waals surface area contributed by atoms with Crippen molar-refractivity contribution in [3.05, 3.63) is 92.3 Å². The van der Waals surface area contributed by atoms with E-state index in [1.54, 1.807) is 12.1 Å². The molecule has 4 rings (SSSR count). The number of halogens is 1. The van der Waals surface area contributed by atoms with Crippen molar-refractivity contribution in [3.8, 4) is 11.8 Å². The lowest BCUT2D eigenvalue weighted by Crippen LogP contribution is -2.21. The Morgan fingerprint density at radius 1 is 1.19 bits per heavy atom. The van der Waals surface area contributed by atoms with E-state index in [9.17, 15) is 15.4 Å². The molecule has 1 atom stereocenters. The molecule has 0 spiro atoms. The molecule has 0 aromatic heterocycles. The van der Waals surface area contributed by atoms with Gasteiger partial charge in [0.15, 0.2) is 0 Å². The Labute approximate surface area is 159 Å². The fourth-order valence-corrected chi connectivity index (χ4v) is 3.70. The van der Waals surface area contributed by atoms with Crippen LogP contribution in [-0.2, 0) is 0 Å². The average molecular weight is 378 g/mol. The van der Waals surface area contributed by atoms with Crippen molar-refractivity contribution in [1.82, 2.24) is 0 Å². The van der Waals surface area contributed by atoms with Crippen LogP contribution in [0, 0.1) is 21.4 Å². The summed E-state index contributed by atoms with van der Waals surface area (Å²) in [6.07, 6.45) is 0. The minimum atomic E-state index is -0.585. The second-order valence-electron chi connectivity index (χ2n) is 6.09. The number of non-ortho nitro benzene ring substituents is 1. The van der Waals surface area contributed by atoms with Gasteiger partial charge in [0.05, 0.1) is 15.9 Å². The van der Waals surface area contributed by atoms with Crippen molar-refractivity contribution < 1.29 is 9.66 Å². The topological polar surface area (TPSA) is 102 Å². The summed E-state index contributed by atoms with van der Waals surface area (Å²) >= 11 is 6.38. The predicted molar refractivity (Wildman–Crippen MR) is 101 cm³/mol. The largest absolute Gasteiger partial charge is 0.440 e. The van der Waals surface area contributed by atoms with Gasteiger partial charge in [0.1, 0.15) is 17.4 Å². The Bertz CT molecular complexity index is 1180. The van der Waals surface area contributed by atoms with E-state index < -0.39 is 10.8 Å². The number of hydrogen-bond donors (Lipinski definition) is 1. The van der Waals surface area contributed by atoms with Gasteiger partial charge in [-0.15, -0.1) is 0 Å². The quantitative estimate of drug-likeness (QED) is 0.518. The molecule has 1 heterocycles. The highest BCUT2D eigenvalue weighted by Crippen LogP contribution is 2.47. The number of nitro benzene ring substituents is 1. The molecule has 6 nitrogen and oxygen atoms in total. The van der Waals surface area contributed by atoms with Crippen LogP contribution < -0.4 is 10.5 Å². The molecule has 0 bridgehead atoms. The van der Waals surface area contributed by atoms with Crippen LogP contribution in [0.4, 0.5) is 5.69 Å². The summed E-state index contributed by atoms with van der Waals surface area (Å²) in [5.74, 6) is -0.0533. The number of nitro groups is 1. The molecule has 3 aromatic rings. The molecule has 2 N–H and O–H groups in total. The molecule has 7 heteroatoms. The van der Waals surface area contributed by atoms with Crippen LogP contribution >= 0.6 is 11.6 Å². The number of benzene rings is 3. The van der Waals surface area contributed by atoms with Crippen molar-refractivity contribution in [2.75, 3.05) is 0 Å². The van der Waals surface area contributed by atoms with E-state index in [2.05, 4.69) is 6.07 Å². The summed E-state index contributed by atoms with van der Waals surface area (Å²) in [7, 11) is 0. The molecule has 132 valence electrons. The highest BCUT2D eigenvalue weighted by molar-refractivity contribution is 6.31. The van der Waals surface area contributed by atoms with E-state index in [-0.39, 0.29) is 22.2 Å². The standard InChI is InChI=1S/C20H12ClN3O3/c21-16-9-12(24(25)26)6-7-14(16)18-15(10-22)20(23)27-17-8-5-11-3-1-2-4-13(11)19(17)18/h1-9,18H,23H2/t18-/m1/s1. The highest BCUT2D eigenvalue weighted by Gasteiger charge is 2.33. The van der Waals surface area contributed by atoms with Crippen LogP contribution in [0.5, 0.6) is 5.75 Å². The van der Waals surface area contributed by atoms with E-state index in [1.807, 2.05) is 30.3 Å². The molecule has 0 amide bonds. The van der Waals surface area contributed by atoms with Crippen molar-refractivity contribution >= 4 is 28.1 Å². The zero-order valence-electron chi connectivity index (χ0n) is 13.8. The van der Waals surface area contributed by atoms with Gasteiger partial charge in [-0.1, -0.05) is 41.9 Å². The third kappa shape index (κ3) is 2.65. The Kier molecular flexibility index (Phi) is 3.94. The van der Waals surface area contributed by atoms with Crippen molar-refractivity contribution in [2.24, 2.45) is 5.73 Å². The van der Waals surface area contributed by atoms with Crippen LogP contribution in [-0.4, -0.2) is 4.92 Å². The molecule has 3 aromatic carbocycles. The van der Waals surface area contributed by atoms with Crippen LogP contribution in [0.1, 0.15) is 17.0 Å². The maximum Gasteiger partial charge on any atom is 0.270 e. The molecule has 27 heavy (non-hydrogen) atoms. The number of nitrogens with zero attached hydrogens (tertiary/aromatic N) is 2. The van der Waals surface area contributed by atoms with Gasteiger partial charge in [0, 0.05) is 17.7 Å². The first-order valence-electron chi connectivity index (χ1n) is 8.04. The first kappa shape index (κ1) is 16.9. The molecular formula is C20H12ClN3O3. The van der Waals surface area contributed by atoms with Crippen molar-refractivity contribution in [3.63, 3.8) is 0 Å². The summed E-state index contributed by atoms with van der Waals surface area (Å²) in [5.41, 5.74) is 7.40. The van der Waals surface area contributed by atoms with Gasteiger partial charge >= 0.3 is 0 Å². The summed E-state index contributed by atoms with van der Waals surface area (Å²) in [6.45, 7) is 0. The Balaban J connectivity index is 2.04. The second-order valence-corrected chi connectivity index (χ2v) is 6.49. The fraction of sp³-hybridized carbons (Fsp3) is 0.0500. The van der Waals surface area contributed by atoms with E-state index >= 15 is 0 Å². The van der Waals surface area contributed by atoms with Crippen LogP contribution in [0.3, 0.4) is 0 Å². The summed E-state index contributed by atoms with van der Waals surface area (Å²) < 4.78 is 5.68. The van der Waals surface area contributed by atoms with Crippen LogP contribution in [0.15, 0.2) is 66.1 Å². The SMILES string of the molecule is N#CC1=C(N)Oc2ccc3ccccc3c2[C@@H]1c1ccc([N+](=O)[O-])cc1Cl. The molecule has 0 radical (unpaired) electrons. The Morgan fingerprint density at radius 3 is 2.67 bits per heavy atom. The highest BCUT2D eigenvalue weighted by atomic mass is 35.5. The number of nitriles is 1. The molecular weight excluding hydrogens is 366 g/mol. The number of hydrogen-bond acceptors (Lipinski definition) is 5. The minimum absolute atomic E-state index is 0.000277. The third-order valence-corrected chi connectivity index (χ3v) is 4.95. The van der Waals surface area contributed by atoms with Gasteiger partial charge in [0.2, 0.25) is 5.88 Å². The second kappa shape index (κ2) is 6.31. The summed E-state index contributed by atoms with van der Waals surface area (Å²) in [6, 6.07) is 17.7. The van der Waals surface area contributed by atoms with E-state index in [0.29, 0.717) is 11.3 Å². The molecule has 0 saturated carbocycles. The minimum Gasteiger partial charge on any atom is -0.440 e. The average Bonchev–Trinajstić information content (AvgIpc) is 2.66. The fourth-order valence-electron chi connectivity index (χ4n) is 3.42. The maximum absolute atomic E-state index is 11.0. The summed E-state index contributed by atoms with van der Waals surface area (Å²) in [4.78, 5) is 10.5. The number of allylic oxidation sites excluding steroid dienone is 1. The van der Waals surface area contributed by atoms with Gasteiger partial charge < -0.3 is 10.5 Å². The maximum atomic E-state index is 11.0. The Hall–Kier alpha value is -3.56. The molecule has 0 unspecified atom stereocenters. The van der Waals surface area contributed by atoms with Gasteiger partial charge in [0.25, 0.3) is 5.69 Å². The third-order valence-electron chi connectivity index (χ3n) is 4.62. The first-order valence-corrected chi connectivity index (χ1v) is 8.42. The lowest BCUT2D eigenvalue weighted by molar-refractivity contribution is -0.384. The first-order chi connectivity index (χ1) is 13.0. The van der Waals surface area contributed by atoms with Crippen LogP contribution in [0.2, 0.25) is 5.02 Å². The van der Waals surface area contributed by atoms with Gasteiger partial charge in [-0.3, -0.25) is 10.1 Å². The number of nitrogens with two attached hydrogens (primary N) is 1. The van der Waals surface area contributed by atoms with Crippen molar-refractivity contribution in [1.29, 1.82) is 5.26 Å². The number of rotatable bonds is 2. The monoisotopic (exact) mass is 377 g/mol. The van der Waals surface area contributed by atoms with E-state index in [4.69, 9.17) is 22.1 Å². The van der Waals surface area contributed by atoms with Gasteiger partial charge in [-0.25, -0.2) is 0 Å². The zero-order chi connectivity index (χ0) is 19.1. The Morgan fingerprint density at radius 2 is 1.96 bits per heavy atom. The number of fused-ring (bicyclic) bond motifs is 3.